The summed E-state index contributed by atoms with van der Waals surface area (Å²) in [6.07, 6.45) is 2.43. The highest BCUT2D eigenvalue weighted by Crippen LogP contribution is 2.19. The molecule has 7 heteroatoms. The maximum absolute atomic E-state index is 12.4. The lowest BCUT2D eigenvalue weighted by molar-refractivity contribution is -0.142. The Labute approximate surface area is 116 Å². The van der Waals surface area contributed by atoms with Crippen LogP contribution in [0.5, 0.6) is 0 Å². The van der Waals surface area contributed by atoms with E-state index in [0.29, 0.717) is 36.9 Å². The van der Waals surface area contributed by atoms with E-state index in [1.807, 2.05) is 0 Å². The Morgan fingerprint density at radius 1 is 1.35 bits per heavy atom. The maximum Gasteiger partial charge on any atom is 0.252 e. The van der Waals surface area contributed by atoms with Gasteiger partial charge in [-0.2, -0.15) is 0 Å². The zero-order chi connectivity index (χ0) is 14.7. The molecule has 0 saturated carbocycles. The summed E-state index contributed by atoms with van der Waals surface area (Å²) < 4.78 is 0. The van der Waals surface area contributed by atoms with Crippen molar-refractivity contribution in [1.82, 2.24) is 15.5 Å². The third kappa shape index (κ3) is 2.71. The van der Waals surface area contributed by atoms with Crippen LogP contribution in [0.15, 0.2) is 11.3 Å². The van der Waals surface area contributed by atoms with Crippen molar-refractivity contribution in [3.63, 3.8) is 0 Å². The lowest BCUT2D eigenvalue weighted by Crippen LogP contribution is -2.53. The highest BCUT2D eigenvalue weighted by atomic mass is 16.2. The molecule has 1 unspecified atom stereocenters. The summed E-state index contributed by atoms with van der Waals surface area (Å²) in [6, 6.07) is -0.664. The normalized spacial score (nSPS) is 22.9. The Bertz CT molecular complexity index is 498. The Morgan fingerprint density at radius 3 is 2.75 bits per heavy atom. The molecule has 0 aromatic heterocycles. The second-order valence-electron chi connectivity index (χ2n) is 4.92. The molecule has 1 atom stereocenters. The van der Waals surface area contributed by atoms with Crippen LogP contribution in [0.4, 0.5) is 0 Å². The van der Waals surface area contributed by atoms with E-state index < -0.39 is 11.9 Å². The second-order valence-corrected chi connectivity index (χ2v) is 4.92. The summed E-state index contributed by atoms with van der Waals surface area (Å²) in [6.45, 7) is 0.660. The lowest BCUT2D eigenvalue weighted by atomic mass is 10.00. The largest absolute Gasteiger partial charge is 0.382 e. The number of hydrogen-bond donors (Lipinski definition) is 2. The van der Waals surface area contributed by atoms with Gasteiger partial charge in [0.25, 0.3) is 5.91 Å². The average Bonchev–Trinajstić information content (AvgIpc) is 2.45. The monoisotopic (exact) mass is 279 g/mol. The molecule has 1 fully saturated rings. The number of nitrogens with one attached hydrogen (secondary N) is 2. The van der Waals surface area contributed by atoms with Crippen molar-refractivity contribution in [2.45, 2.75) is 31.7 Å². The molecule has 0 spiro atoms. The first kappa shape index (κ1) is 14.2. The Hall–Kier alpha value is -2.18. The molecule has 7 nitrogen and oxygen atoms in total. The minimum absolute atomic E-state index is 0.214. The molecule has 108 valence electrons. The number of nitrogens with zero attached hydrogens (tertiary/aromatic N) is 1. The first-order chi connectivity index (χ1) is 9.54. The predicted molar refractivity (Wildman–Crippen MR) is 69.3 cm³/mol. The maximum atomic E-state index is 12.4. The van der Waals surface area contributed by atoms with Gasteiger partial charge >= 0.3 is 0 Å². The number of carbonyl (C=O) groups is 4. The van der Waals surface area contributed by atoms with E-state index in [-0.39, 0.29) is 18.2 Å². The molecule has 0 aromatic carbocycles. The van der Waals surface area contributed by atoms with E-state index >= 15 is 0 Å². The van der Waals surface area contributed by atoms with E-state index in [9.17, 15) is 19.2 Å². The molecule has 2 aliphatic rings. The van der Waals surface area contributed by atoms with Crippen LogP contribution in [0, 0.1) is 0 Å². The molecule has 2 aliphatic heterocycles. The fraction of sp³-hybridized carbons (Fsp3) is 0.538. The van der Waals surface area contributed by atoms with Gasteiger partial charge in [0.1, 0.15) is 6.04 Å². The van der Waals surface area contributed by atoms with E-state index in [2.05, 4.69) is 10.6 Å². The van der Waals surface area contributed by atoms with Crippen molar-refractivity contribution in [3.8, 4) is 0 Å². The number of rotatable bonds is 3. The quantitative estimate of drug-likeness (QED) is 0.515. The van der Waals surface area contributed by atoms with E-state index in [4.69, 9.17) is 0 Å². The molecular weight excluding hydrogens is 262 g/mol. The third-order valence-electron chi connectivity index (χ3n) is 3.62. The SMILES string of the molecule is CN(C(=O)C1=C(C=O)NCCC1)C1CCC(=O)NC1=O. The van der Waals surface area contributed by atoms with E-state index in [1.165, 1.54) is 11.9 Å². The molecule has 0 radical (unpaired) electrons. The number of aldehydes is 1. The van der Waals surface area contributed by atoms with Crippen LogP contribution >= 0.6 is 0 Å². The van der Waals surface area contributed by atoms with Crippen molar-refractivity contribution in [2.75, 3.05) is 13.6 Å². The topological polar surface area (TPSA) is 95.6 Å². The van der Waals surface area contributed by atoms with Crippen molar-refractivity contribution in [1.29, 1.82) is 0 Å². The number of likely N-dealkylation sites (N-methyl/N-ethyl adjacent to an activating group) is 1. The summed E-state index contributed by atoms with van der Waals surface area (Å²) >= 11 is 0. The Kier molecular flexibility index (Phi) is 4.16. The molecule has 20 heavy (non-hydrogen) atoms. The number of allylic oxidation sites excluding steroid dienone is 1. The van der Waals surface area contributed by atoms with Gasteiger partial charge in [-0.1, -0.05) is 0 Å². The molecule has 2 rings (SSSR count). The number of piperidine rings is 1. The fourth-order valence-corrected chi connectivity index (χ4v) is 2.47. The van der Waals surface area contributed by atoms with Crippen LogP contribution in [0.3, 0.4) is 0 Å². The minimum Gasteiger partial charge on any atom is -0.382 e. The molecule has 2 N–H and O–H groups in total. The highest BCUT2D eigenvalue weighted by molar-refractivity contribution is 6.04. The summed E-state index contributed by atoms with van der Waals surface area (Å²) in [7, 11) is 1.52. The first-order valence-corrected chi connectivity index (χ1v) is 6.57. The lowest BCUT2D eigenvalue weighted by Gasteiger charge is -2.31. The Morgan fingerprint density at radius 2 is 2.10 bits per heavy atom. The van der Waals surface area contributed by atoms with Gasteiger partial charge in [0.05, 0.1) is 5.70 Å². The van der Waals surface area contributed by atoms with E-state index in [0.717, 1.165) is 6.42 Å². The molecule has 2 heterocycles. The van der Waals surface area contributed by atoms with Crippen LogP contribution in [0.1, 0.15) is 25.7 Å². The molecule has 0 aliphatic carbocycles. The number of carbonyl (C=O) groups excluding carboxylic acids is 4. The van der Waals surface area contributed by atoms with Gasteiger partial charge in [0.2, 0.25) is 11.8 Å². The van der Waals surface area contributed by atoms with Crippen LogP contribution < -0.4 is 10.6 Å². The number of amides is 3. The Balaban J connectivity index is 2.16. The zero-order valence-corrected chi connectivity index (χ0v) is 11.3. The third-order valence-corrected chi connectivity index (χ3v) is 3.62. The van der Waals surface area contributed by atoms with Crippen molar-refractivity contribution in [2.24, 2.45) is 0 Å². The first-order valence-electron chi connectivity index (χ1n) is 6.57. The van der Waals surface area contributed by atoms with Crippen molar-refractivity contribution < 1.29 is 19.2 Å². The zero-order valence-electron chi connectivity index (χ0n) is 11.3. The summed E-state index contributed by atoms with van der Waals surface area (Å²) in [4.78, 5) is 47.5. The average molecular weight is 279 g/mol. The summed E-state index contributed by atoms with van der Waals surface area (Å²) in [5.74, 6) is -1.12. The summed E-state index contributed by atoms with van der Waals surface area (Å²) in [5.41, 5.74) is 0.693. The molecule has 3 amide bonds. The highest BCUT2D eigenvalue weighted by Gasteiger charge is 2.34. The van der Waals surface area contributed by atoms with Crippen LogP contribution in [-0.4, -0.2) is 48.5 Å². The van der Waals surface area contributed by atoms with Gasteiger partial charge in [-0.15, -0.1) is 0 Å². The smallest absolute Gasteiger partial charge is 0.252 e. The van der Waals surface area contributed by atoms with Crippen LogP contribution in [0.25, 0.3) is 0 Å². The van der Waals surface area contributed by atoms with Gasteiger partial charge in [-0.25, -0.2) is 0 Å². The summed E-state index contributed by atoms with van der Waals surface area (Å²) in [5, 5.41) is 5.11. The molecule has 1 saturated heterocycles. The van der Waals surface area contributed by atoms with Crippen molar-refractivity contribution >= 4 is 24.0 Å². The van der Waals surface area contributed by atoms with Crippen molar-refractivity contribution in [3.05, 3.63) is 11.3 Å². The van der Waals surface area contributed by atoms with Gasteiger partial charge < -0.3 is 10.2 Å². The molecule has 0 aromatic rings. The van der Waals surface area contributed by atoms with Crippen LogP contribution in [0.2, 0.25) is 0 Å². The fourth-order valence-electron chi connectivity index (χ4n) is 2.47. The minimum atomic E-state index is -0.664. The standard InChI is InChI=1S/C13H17N3O4/c1-16(10-4-5-11(18)15-12(10)19)13(20)8-3-2-6-14-9(8)7-17/h7,10,14H,2-6H2,1H3,(H,15,18,19). The van der Waals surface area contributed by atoms with Gasteiger partial charge in [-0.3, -0.25) is 24.5 Å². The number of hydrogen-bond acceptors (Lipinski definition) is 5. The van der Waals surface area contributed by atoms with Gasteiger partial charge in [0.15, 0.2) is 6.29 Å². The second kappa shape index (κ2) is 5.85. The molecule has 0 bridgehead atoms. The van der Waals surface area contributed by atoms with Gasteiger partial charge in [-0.05, 0) is 19.3 Å². The van der Waals surface area contributed by atoms with Crippen LogP contribution in [-0.2, 0) is 19.2 Å². The number of imide groups is 1. The molecular formula is C13H17N3O4. The van der Waals surface area contributed by atoms with Gasteiger partial charge in [0, 0.05) is 25.6 Å². The predicted octanol–water partition coefficient (Wildman–Crippen LogP) is -0.914. The van der Waals surface area contributed by atoms with E-state index in [1.54, 1.807) is 0 Å².